The van der Waals surface area contributed by atoms with Crippen LogP contribution in [0.1, 0.15) is 13.3 Å². The Balaban J connectivity index is 2.22. The van der Waals surface area contributed by atoms with Crippen LogP contribution in [0.15, 0.2) is 0 Å². The predicted octanol–water partition coefficient (Wildman–Crippen LogP) is -0.388. The highest BCUT2D eigenvalue weighted by atomic mass is 16.5. The summed E-state index contributed by atoms with van der Waals surface area (Å²) in [6, 6.07) is 0. The lowest BCUT2D eigenvalue weighted by Crippen LogP contribution is -2.63. The highest BCUT2D eigenvalue weighted by Crippen LogP contribution is 2.33. The Morgan fingerprint density at radius 3 is 2.69 bits per heavy atom. The Bertz CT molecular complexity index is 266. The third-order valence-electron chi connectivity index (χ3n) is 3.74. The van der Waals surface area contributed by atoms with Crippen LogP contribution < -0.4 is 5.32 Å². The second kappa shape index (κ2) is 4.69. The number of hydrogen-bond acceptors (Lipinski definition) is 5. The quantitative estimate of drug-likeness (QED) is 0.653. The summed E-state index contributed by atoms with van der Waals surface area (Å²) in [7, 11) is 1.46. The lowest BCUT2D eigenvalue weighted by atomic mass is 9.89. The molecule has 5 heteroatoms. The molecule has 2 aliphatic rings. The standard InChI is InChI=1S/C11H20N2O3/c1-9-11(3-8-16-9,10(14)15-2)13-6-4-12-5-7-13/h9,12H,3-8H2,1-2H3. The summed E-state index contributed by atoms with van der Waals surface area (Å²) >= 11 is 0. The molecule has 0 aromatic carbocycles. The van der Waals surface area contributed by atoms with Crippen LogP contribution in [0.4, 0.5) is 0 Å². The summed E-state index contributed by atoms with van der Waals surface area (Å²) in [6.07, 6.45) is 0.652. The summed E-state index contributed by atoms with van der Waals surface area (Å²) < 4.78 is 10.6. The minimum absolute atomic E-state index is 0.0851. The summed E-state index contributed by atoms with van der Waals surface area (Å²) in [5.41, 5.74) is -0.559. The minimum Gasteiger partial charge on any atom is -0.468 e. The van der Waals surface area contributed by atoms with Crippen molar-refractivity contribution in [1.82, 2.24) is 10.2 Å². The van der Waals surface area contributed by atoms with E-state index in [1.807, 2.05) is 6.92 Å². The molecule has 0 aliphatic carbocycles. The van der Waals surface area contributed by atoms with Crippen molar-refractivity contribution in [3.8, 4) is 0 Å². The molecule has 0 bridgehead atoms. The van der Waals surface area contributed by atoms with E-state index in [0.717, 1.165) is 32.6 Å². The van der Waals surface area contributed by atoms with Crippen LogP contribution in [0.2, 0.25) is 0 Å². The van der Waals surface area contributed by atoms with Gasteiger partial charge in [-0.2, -0.15) is 0 Å². The van der Waals surface area contributed by atoms with Gasteiger partial charge in [-0.3, -0.25) is 4.90 Å². The molecule has 2 atom stereocenters. The van der Waals surface area contributed by atoms with Crippen molar-refractivity contribution in [2.24, 2.45) is 0 Å². The molecule has 0 radical (unpaired) electrons. The lowest BCUT2D eigenvalue weighted by molar-refractivity contribution is -0.159. The topological polar surface area (TPSA) is 50.8 Å². The number of rotatable bonds is 2. The van der Waals surface area contributed by atoms with E-state index in [0.29, 0.717) is 6.61 Å². The molecule has 2 fully saturated rings. The van der Waals surface area contributed by atoms with Crippen molar-refractivity contribution in [3.05, 3.63) is 0 Å². The Morgan fingerprint density at radius 2 is 2.19 bits per heavy atom. The largest absolute Gasteiger partial charge is 0.468 e. The smallest absolute Gasteiger partial charge is 0.329 e. The Morgan fingerprint density at radius 1 is 1.50 bits per heavy atom. The molecule has 92 valence electrons. The number of esters is 1. The van der Waals surface area contributed by atoms with Crippen molar-refractivity contribution in [3.63, 3.8) is 0 Å². The normalized spacial score (nSPS) is 36.2. The number of hydrogen-bond donors (Lipinski definition) is 1. The molecule has 0 saturated carbocycles. The highest BCUT2D eigenvalue weighted by molar-refractivity contribution is 5.82. The van der Waals surface area contributed by atoms with E-state index in [1.54, 1.807) is 0 Å². The van der Waals surface area contributed by atoms with E-state index in [9.17, 15) is 4.79 Å². The molecule has 2 heterocycles. The lowest BCUT2D eigenvalue weighted by Gasteiger charge is -2.42. The Kier molecular flexibility index (Phi) is 3.47. The molecular weight excluding hydrogens is 208 g/mol. The zero-order valence-electron chi connectivity index (χ0n) is 9.99. The zero-order valence-corrected chi connectivity index (χ0v) is 9.99. The maximum Gasteiger partial charge on any atom is 0.329 e. The number of carbonyl (C=O) groups is 1. The second-order valence-electron chi connectivity index (χ2n) is 4.42. The average Bonchev–Trinajstić information content (AvgIpc) is 2.72. The third kappa shape index (κ3) is 1.73. The van der Waals surface area contributed by atoms with E-state index in [-0.39, 0.29) is 12.1 Å². The van der Waals surface area contributed by atoms with Crippen LogP contribution >= 0.6 is 0 Å². The van der Waals surface area contributed by atoms with Crippen LogP contribution in [-0.2, 0) is 14.3 Å². The van der Waals surface area contributed by atoms with E-state index in [1.165, 1.54) is 7.11 Å². The van der Waals surface area contributed by atoms with Gasteiger partial charge in [0.1, 0.15) is 5.54 Å². The molecule has 0 amide bonds. The molecule has 0 aromatic heterocycles. The fourth-order valence-electron chi connectivity index (χ4n) is 2.79. The monoisotopic (exact) mass is 228 g/mol. The number of ether oxygens (including phenoxy) is 2. The van der Waals surface area contributed by atoms with Gasteiger partial charge in [0.25, 0.3) is 0 Å². The fraction of sp³-hybridized carbons (Fsp3) is 0.909. The Hall–Kier alpha value is -0.650. The van der Waals surface area contributed by atoms with E-state index in [2.05, 4.69) is 10.2 Å². The molecule has 2 rings (SSSR count). The molecule has 2 unspecified atom stereocenters. The highest BCUT2D eigenvalue weighted by Gasteiger charge is 2.53. The number of nitrogens with zero attached hydrogens (tertiary/aromatic N) is 1. The van der Waals surface area contributed by atoms with Crippen LogP contribution in [0.5, 0.6) is 0 Å². The summed E-state index contributed by atoms with van der Waals surface area (Å²) in [6.45, 7) is 6.20. The van der Waals surface area contributed by atoms with Gasteiger partial charge in [0, 0.05) is 39.2 Å². The molecule has 5 nitrogen and oxygen atoms in total. The van der Waals surface area contributed by atoms with Crippen molar-refractivity contribution in [2.75, 3.05) is 39.9 Å². The first kappa shape index (κ1) is 11.8. The zero-order chi connectivity index (χ0) is 11.6. The van der Waals surface area contributed by atoms with Gasteiger partial charge in [-0.05, 0) is 6.92 Å². The van der Waals surface area contributed by atoms with Gasteiger partial charge >= 0.3 is 5.97 Å². The molecule has 0 aromatic rings. The van der Waals surface area contributed by atoms with Gasteiger partial charge in [-0.25, -0.2) is 4.79 Å². The molecular formula is C11H20N2O3. The number of carbonyl (C=O) groups excluding carboxylic acids is 1. The number of methoxy groups -OCH3 is 1. The third-order valence-corrected chi connectivity index (χ3v) is 3.74. The SMILES string of the molecule is COC(=O)C1(N2CCNCC2)CCOC1C. The van der Waals surface area contributed by atoms with Crippen molar-refractivity contribution in [2.45, 2.75) is 25.0 Å². The van der Waals surface area contributed by atoms with Crippen LogP contribution in [0.3, 0.4) is 0 Å². The van der Waals surface area contributed by atoms with Gasteiger partial charge in [0.2, 0.25) is 0 Å². The van der Waals surface area contributed by atoms with Crippen LogP contribution in [0, 0.1) is 0 Å². The molecule has 2 aliphatic heterocycles. The van der Waals surface area contributed by atoms with Crippen molar-refractivity contribution in [1.29, 1.82) is 0 Å². The predicted molar refractivity (Wildman–Crippen MR) is 59.2 cm³/mol. The first-order chi connectivity index (χ1) is 7.71. The van der Waals surface area contributed by atoms with E-state index >= 15 is 0 Å². The second-order valence-corrected chi connectivity index (χ2v) is 4.42. The summed E-state index contributed by atoms with van der Waals surface area (Å²) in [5.74, 6) is -0.153. The van der Waals surface area contributed by atoms with Gasteiger partial charge < -0.3 is 14.8 Å². The maximum absolute atomic E-state index is 12.1. The first-order valence-electron chi connectivity index (χ1n) is 5.87. The average molecular weight is 228 g/mol. The van der Waals surface area contributed by atoms with Gasteiger partial charge in [-0.15, -0.1) is 0 Å². The fourth-order valence-corrected chi connectivity index (χ4v) is 2.79. The number of nitrogens with one attached hydrogen (secondary N) is 1. The van der Waals surface area contributed by atoms with Crippen LogP contribution in [-0.4, -0.2) is 62.4 Å². The van der Waals surface area contributed by atoms with Gasteiger partial charge in [-0.1, -0.05) is 0 Å². The minimum atomic E-state index is -0.559. The summed E-state index contributed by atoms with van der Waals surface area (Å²) in [4.78, 5) is 14.3. The van der Waals surface area contributed by atoms with Crippen LogP contribution in [0.25, 0.3) is 0 Å². The first-order valence-corrected chi connectivity index (χ1v) is 5.87. The van der Waals surface area contributed by atoms with Gasteiger partial charge in [0.05, 0.1) is 13.2 Å². The summed E-state index contributed by atoms with van der Waals surface area (Å²) in [5, 5.41) is 3.29. The van der Waals surface area contributed by atoms with Crippen molar-refractivity contribution >= 4 is 5.97 Å². The van der Waals surface area contributed by atoms with E-state index < -0.39 is 5.54 Å². The Labute approximate surface area is 96.1 Å². The van der Waals surface area contributed by atoms with Gasteiger partial charge in [0.15, 0.2) is 0 Å². The van der Waals surface area contributed by atoms with E-state index in [4.69, 9.17) is 9.47 Å². The van der Waals surface area contributed by atoms with Crippen molar-refractivity contribution < 1.29 is 14.3 Å². The molecule has 2 saturated heterocycles. The molecule has 0 spiro atoms. The molecule has 16 heavy (non-hydrogen) atoms. The molecule has 1 N–H and O–H groups in total. The maximum atomic E-state index is 12.1. The number of piperazine rings is 1.